The number of hydrogen-bond donors (Lipinski definition) is 2. The van der Waals surface area contributed by atoms with Crippen molar-refractivity contribution in [2.24, 2.45) is 0 Å². The van der Waals surface area contributed by atoms with Crippen LogP contribution in [0.25, 0.3) is 0 Å². The van der Waals surface area contributed by atoms with Crippen molar-refractivity contribution in [3.05, 3.63) is 26.6 Å². The van der Waals surface area contributed by atoms with Crippen molar-refractivity contribution in [1.82, 2.24) is 0 Å². The van der Waals surface area contributed by atoms with Gasteiger partial charge >= 0.3 is 0 Å². The third kappa shape index (κ3) is 2.56. The first-order chi connectivity index (χ1) is 6.43. The number of phenols is 1. The van der Waals surface area contributed by atoms with E-state index in [1.165, 1.54) is 6.07 Å². The van der Waals surface area contributed by atoms with Gasteiger partial charge in [-0.05, 0) is 44.0 Å². The van der Waals surface area contributed by atoms with Gasteiger partial charge in [-0.3, -0.25) is 4.79 Å². The lowest BCUT2D eigenvalue weighted by Crippen LogP contribution is -2.13. The minimum absolute atomic E-state index is 0.0515. The van der Waals surface area contributed by atoms with Gasteiger partial charge in [0.2, 0.25) is 5.78 Å². The highest BCUT2D eigenvalue weighted by atomic mass is 79.9. The molecule has 2 N–H and O–H groups in total. The van der Waals surface area contributed by atoms with Gasteiger partial charge in [0.05, 0.1) is 10.0 Å². The molecule has 76 valence electrons. The number of rotatable bonds is 2. The summed E-state index contributed by atoms with van der Waals surface area (Å²) in [5, 5.41) is 17.2. The van der Waals surface area contributed by atoms with Crippen LogP contribution >= 0.6 is 47.8 Å². The molecule has 1 rings (SSSR count). The minimum atomic E-state index is -1.31. The van der Waals surface area contributed by atoms with Crippen molar-refractivity contribution < 1.29 is 15.0 Å². The van der Waals surface area contributed by atoms with Crippen molar-refractivity contribution in [2.45, 2.75) is 5.01 Å². The summed E-state index contributed by atoms with van der Waals surface area (Å²) in [6.45, 7) is 0. The van der Waals surface area contributed by atoms with Gasteiger partial charge in [0.15, 0.2) is 5.01 Å². The number of aliphatic hydroxyl groups is 1. The molecule has 0 amide bonds. The van der Waals surface area contributed by atoms with Crippen LogP contribution in [0.5, 0.6) is 5.75 Å². The van der Waals surface area contributed by atoms with Crippen LogP contribution in [0.2, 0.25) is 0 Å². The van der Waals surface area contributed by atoms with E-state index in [-0.39, 0.29) is 11.3 Å². The SMILES string of the molecule is O=C(c1cc(Br)cc(Br)c1O)C(O)Br. The third-order valence-electron chi connectivity index (χ3n) is 1.51. The molecule has 3 nitrogen and oxygen atoms in total. The van der Waals surface area contributed by atoms with E-state index >= 15 is 0 Å². The highest BCUT2D eigenvalue weighted by molar-refractivity contribution is 9.11. The van der Waals surface area contributed by atoms with Gasteiger partial charge in [-0.15, -0.1) is 0 Å². The lowest BCUT2D eigenvalue weighted by atomic mass is 10.1. The van der Waals surface area contributed by atoms with Gasteiger partial charge in [-0.2, -0.15) is 0 Å². The Morgan fingerprint density at radius 1 is 1.36 bits per heavy atom. The number of Topliss-reactive ketones (excluding diaryl/α,β-unsaturated/α-hetero) is 1. The van der Waals surface area contributed by atoms with Crippen molar-refractivity contribution in [2.75, 3.05) is 0 Å². The fourth-order valence-electron chi connectivity index (χ4n) is 0.882. The Morgan fingerprint density at radius 3 is 2.43 bits per heavy atom. The molecular formula is C8H5Br3O3. The smallest absolute Gasteiger partial charge is 0.205 e. The number of benzene rings is 1. The number of carbonyl (C=O) groups excluding carboxylic acids is 1. The molecule has 0 aliphatic heterocycles. The van der Waals surface area contributed by atoms with Crippen LogP contribution in [0, 0.1) is 0 Å². The summed E-state index contributed by atoms with van der Waals surface area (Å²) in [5.74, 6) is -0.777. The van der Waals surface area contributed by atoms with E-state index in [1.54, 1.807) is 6.07 Å². The molecule has 0 aliphatic carbocycles. The van der Waals surface area contributed by atoms with E-state index in [2.05, 4.69) is 47.8 Å². The van der Waals surface area contributed by atoms with E-state index in [4.69, 9.17) is 5.11 Å². The fraction of sp³-hybridized carbons (Fsp3) is 0.125. The molecular weight excluding hydrogens is 384 g/mol. The molecule has 1 unspecified atom stereocenters. The molecule has 1 aromatic carbocycles. The average molecular weight is 389 g/mol. The maximum Gasteiger partial charge on any atom is 0.205 e. The summed E-state index contributed by atoms with van der Waals surface area (Å²) in [6.07, 6.45) is 0. The molecule has 0 fully saturated rings. The molecule has 0 saturated heterocycles. The zero-order valence-electron chi connectivity index (χ0n) is 6.67. The summed E-state index contributed by atoms with van der Waals surface area (Å²) < 4.78 is 1.03. The maximum atomic E-state index is 11.4. The molecule has 0 saturated carbocycles. The molecule has 0 aromatic heterocycles. The number of alkyl halides is 1. The summed E-state index contributed by atoms with van der Waals surface area (Å²) in [6, 6.07) is 3.04. The predicted octanol–water partition coefficient (Wildman–Crippen LogP) is 2.81. The van der Waals surface area contributed by atoms with Gasteiger partial charge in [0, 0.05) is 4.47 Å². The van der Waals surface area contributed by atoms with Crippen LogP contribution in [0.3, 0.4) is 0 Å². The topological polar surface area (TPSA) is 57.5 Å². The van der Waals surface area contributed by atoms with Crippen molar-refractivity contribution >= 4 is 53.6 Å². The quantitative estimate of drug-likeness (QED) is 0.605. The highest BCUT2D eigenvalue weighted by Crippen LogP contribution is 2.32. The van der Waals surface area contributed by atoms with Gasteiger partial charge in [-0.25, -0.2) is 0 Å². The largest absolute Gasteiger partial charge is 0.506 e. The molecule has 1 atom stereocenters. The van der Waals surface area contributed by atoms with Crippen LogP contribution in [0.1, 0.15) is 10.4 Å². The molecule has 0 heterocycles. The number of aliphatic hydroxyl groups excluding tert-OH is 1. The van der Waals surface area contributed by atoms with Gasteiger partial charge in [0.1, 0.15) is 5.75 Å². The van der Waals surface area contributed by atoms with E-state index in [1.807, 2.05) is 0 Å². The zero-order valence-corrected chi connectivity index (χ0v) is 11.4. The second-order valence-corrected chi connectivity index (χ2v) is 5.12. The van der Waals surface area contributed by atoms with Gasteiger partial charge < -0.3 is 10.2 Å². The number of ketones is 1. The first-order valence-corrected chi connectivity index (χ1v) is 5.98. The first kappa shape index (κ1) is 12.2. The molecule has 6 heteroatoms. The van der Waals surface area contributed by atoms with E-state index < -0.39 is 10.8 Å². The normalized spacial score (nSPS) is 12.6. The lowest BCUT2D eigenvalue weighted by molar-refractivity contribution is 0.0872. The van der Waals surface area contributed by atoms with Crippen LogP contribution in [0.4, 0.5) is 0 Å². The van der Waals surface area contributed by atoms with E-state index in [0.29, 0.717) is 8.95 Å². The Balaban J connectivity index is 3.27. The summed E-state index contributed by atoms with van der Waals surface area (Å²) >= 11 is 8.98. The molecule has 14 heavy (non-hydrogen) atoms. The molecule has 1 aromatic rings. The summed E-state index contributed by atoms with van der Waals surface area (Å²) in [4.78, 5) is 11.4. The third-order valence-corrected chi connectivity index (χ3v) is 2.99. The predicted molar refractivity (Wildman–Crippen MR) is 62.8 cm³/mol. The number of aromatic hydroxyl groups is 1. The molecule has 0 spiro atoms. The first-order valence-electron chi connectivity index (χ1n) is 3.48. The van der Waals surface area contributed by atoms with E-state index in [0.717, 1.165) is 0 Å². The number of halogens is 3. The second-order valence-electron chi connectivity index (χ2n) is 2.48. The molecule has 0 radical (unpaired) electrons. The Hall–Kier alpha value is 0.0900. The van der Waals surface area contributed by atoms with Crippen LogP contribution < -0.4 is 0 Å². The van der Waals surface area contributed by atoms with Crippen LogP contribution in [-0.2, 0) is 0 Å². The van der Waals surface area contributed by atoms with Gasteiger partial charge in [0.25, 0.3) is 0 Å². The molecule has 0 bridgehead atoms. The molecule has 0 aliphatic rings. The van der Waals surface area contributed by atoms with Gasteiger partial charge in [-0.1, -0.05) is 15.9 Å². The van der Waals surface area contributed by atoms with Crippen molar-refractivity contribution in [1.29, 1.82) is 0 Å². The minimum Gasteiger partial charge on any atom is -0.506 e. The monoisotopic (exact) mass is 386 g/mol. The van der Waals surface area contributed by atoms with Crippen molar-refractivity contribution in [3.8, 4) is 5.75 Å². The number of phenolic OH excluding ortho intramolecular Hbond substituents is 1. The van der Waals surface area contributed by atoms with E-state index in [9.17, 15) is 9.90 Å². The average Bonchev–Trinajstić information content (AvgIpc) is 2.09. The van der Waals surface area contributed by atoms with Crippen LogP contribution in [-0.4, -0.2) is 21.0 Å². The standard InChI is InChI=1S/C8H5Br3O3/c9-3-1-4(7(13)8(11)14)6(12)5(10)2-3/h1-2,8,12,14H. The second kappa shape index (κ2) is 4.74. The fourth-order valence-corrected chi connectivity index (χ4v) is 2.35. The number of carbonyl (C=O) groups is 1. The Kier molecular flexibility index (Phi) is 4.12. The lowest BCUT2D eigenvalue weighted by Gasteiger charge is -2.07. The summed E-state index contributed by atoms with van der Waals surface area (Å²) in [7, 11) is 0. The summed E-state index contributed by atoms with van der Waals surface area (Å²) in [5.41, 5.74) is 0.0515. The maximum absolute atomic E-state index is 11.4. The Labute approximate surface area is 106 Å². The zero-order chi connectivity index (χ0) is 10.9. The number of hydrogen-bond acceptors (Lipinski definition) is 3. The Bertz CT molecular complexity index is 376. The van der Waals surface area contributed by atoms with Crippen molar-refractivity contribution in [3.63, 3.8) is 0 Å². The highest BCUT2D eigenvalue weighted by Gasteiger charge is 2.19. The Morgan fingerprint density at radius 2 is 1.93 bits per heavy atom. The van der Waals surface area contributed by atoms with Crippen LogP contribution in [0.15, 0.2) is 21.1 Å².